The van der Waals surface area contributed by atoms with Gasteiger partial charge in [0.25, 0.3) is 10.2 Å². The van der Waals surface area contributed by atoms with Crippen LogP contribution >= 0.6 is 0 Å². The topological polar surface area (TPSA) is 167 Å². The molecule has 1 saturated heterocycles. The van der Waals surface area contributed by atoms with Crippen molar-refractivity contribution in [1.82, 2.24) is 0 Å². The lowest BCUT2D eigenvalue weighted by atomic mass is 10.3. The molecule has 0 aromatic heterocycles. The fourth-order valence-corrected chi connectivity index (χ4v) is 1.38. The molecule has 0 radical (unpaired) electrons. The van der Waals surface area contributed by atoms with Gasteiger partial charge in [0.15, 0.2) is 0 Å². The van der Waals surface area contributed by atoms with Crippen molar-refractivity contribution in [2.75, 3.05) is 39.6 Å². The van der Waals surface area contributed by atoms with E-state index in [-0.39, 0.29) is 39.0 Å². The fraction of sp³-hybridized carbons (Fsp3) is 1.00. The molecule has 1 fully saturated rings. The molecule has 1 aliphatic heterocycles. The predicted molar refractivity (Wildman–Crippen MR) is 78.0 cm³/mol. The summed E-state index contributed by atoms with van der Waals surface area (Å²) in [6.45, 7) is 1.47. The minimum atomic E-state index is -0.894. The number of aliphatic hydroxyl groups excluding tert-OH is 2. The maximum atomic E-state index is 9.76. The molecule has 2 atom stereocenters. The maximum Gasteiger partial charge on any atom is 0.294 e. The Kier molecular flexibility index (Phi) is 13.7. The van der Waals surface area contributed by atoms with Gasteiger partial charge in [-0.15, -0.1) is 20.2 Å². The van der Waals surface area contributed by atoms with Crippen LogP contribution < -0.4 is 0 Å². The van der Waals surface area contributed by atoms with Crippen molar-refractivity contribution >= 4 is 0 Å². The minimum absolute atomic E-state index is 0.128. The van der Waals surface area contributed by atoms with Crippen LogP contribution in [0.5, 0.6) is 0 Å². The molecule has 2 N–H and O–H groups in total. The van der Waals surface area contributed by atoms with Gasteiger partial charge in [0.2, 0.25) is 0 Å². The molecule has 1 rings (SSSR count). The van der Waals surface area contributed by atoms with Crippen molar-refractivity contribution in [3.63, 3.8) is 0 Å². The van der Waals surface area contributed by atoms with Crippen molar-refractivity contribution in [3.05, 3.63) is 20.2 Å². The number of unbranched alkanes of at least 4 members (excludes halogenated alkanes) is 1. The van der Waals surface area contributed by atoms with E-state index in [1.54, 1.807) is 0 Å². The summed E-state index contributed by atoms with van der Waals surface area (Å²) in [4.78, 5) is 27.4. The van der Waals surface area contributed by atoms with Crippen LogP contribution in [0.1, 0.15) is 25.7 Å². The summed E-state index contributed by atoms with van der Waals surface area (Å²) in [5, 5.41) is 35.3. The van der Waals surface area contributed by atoms with E-state index in [0.29, 0.717) is 19.4 Å². The third-order valence-corrected chi connectivity index (χ3v) is 2.69. The molecule has 142 valence electrons. The molecule has 0 aromatic carbocycles. The highest BCUT2D eigenvalue weighted by molar-refractivity contribution is 4.67. The zero-order chi connectivity index (χ0) is 18.2. The first kappa shape index (κ1) is 22.2. The van der Waals surface area contributed by atoms with E-state index in [9.17, 15) is 25.3 Å². The summed E-state index contributed by atoms with van der Waals surface area (Å²) in [6.07, 6.45) is 1.65. The molecule has 0 spiro atoms. The second-order valence-corrected chi connectivity index (χ2v) is 4.81. The monoisotopic (exact) mass is 356 g/mol. The van der Waals surface area contributed by atoms with Gasteiger partial charge in [0.1, 0.15) is 0 Å². The Morgan fingerprint density at radius 1 is 1.12 bits per heavy atom. The number of epoxide rings is 1. The van der Waals surface area contributed by atoms with Gasteiger partial charge in [-0.1, -0.05) is 0 Å². The second-order valence-electron chi connectivity index (χ2n) is 4.81. The van der Waals surface area contributed by atoms with Gasteiger partial charge >= 0.3 is 0 Å². The van der Waals surface area contributed by atoms with Crippen molar-refractivity contribution in [3.8, 4) is 0 Å². The lowest BCUT2D eigenvalue weighted by molar-refractivity contribution is -0.758. The summed E-state index contributed by atoms with van der Waals surface area (Å²) in [5.74, 6) is 0. The van der Waals surface area contributed by atoms with Crippen LogP contribution in [0.25, 0.3) is 0 Å². The summed E-state index contributed by atoms with van der Waals surface area (Å²) in [7, 11) is 0. The van der Waals surface area contributed by atoms with Crippen LogP contribution in [-0.4, -0.2) is 72.2 Å². The average molecular weight is 356 g/mol. The first-order valence-corrected chi connectivity index (χ1v) is 7.48. The van der Waals surface area contributed by atoms with Crippen LogP contribution in [-0.2, 0) is 19.1 Å². The van der Waals surface area contributed by atoms with Gasteiger partial charge in [0, 0.05) is 13.2 Å². The molecule has 12 heteroatoms. The SMILES string of the molecule is O=[N+]([O-])OCCC(O)COCCCCO.O=[N+]([O-])OCCC1CO1. The lowest BCUT2D eigenvalue weighted by Gasteiger charge is -2.10. The van der Waals surface area contributed by atoms with E-state index >= 15 is 0 Å². The zero-order valence-corrected chi connectivity index (χ0v) is 13.3. The van der Waals surface area contributed by atoms with E-state index in [1.807, 2.05) is 0 Å². The largest absolute Gasteiger partial charge is 0.396 e. The van der Waals surface area contributed by atoms with Gasteiger partial charge in [-0.05, 0) is 25.7 Å². The van der Waals surface area contributed by atoms with Crippen LogP contribution in [0.4, 0.5) is 0 Å². The highest BCUT2D eigenvalue weighted by Crippen LogP contribution is 2.12. The average Bonchev–Trinajstić information content (AvgIpc) is 3.31. The van der Waals surface area contributed by atoms with Crippen molar-refractivity contribution in [2.24, 2.45) is 0 Å². The van der Waals surface area contributed by atoms with Gasteiger partial charge < -0.3 is 29.4 Å². The smallest absolute Gasteiger partial charge is 0.294 e. The Bertz CT molecular complexity index is 340. The van der Waals surface area contributed by atoms with Gasteiger partial charge in [-0.2, -0.15) is 0 Å². The summed E-state index contributed by atoms with van der Waals surface area (Å²) in [5.41, 5.74) is 0. The Morgan fingerprint density at radius 3 is 2.29 bits per heavy atom. The van der Waals surface area contributed by atoms with E-state index in [2.05, 4.69) is 9.68 Å². The molecule has 0 bridgehead atoms. The van der Waals surface area contributed by atoms with E-state index in [1.165, 1.54) is 0 Å². The summed E-state index contributed by atoms with van der Waals surface area (Å²) < 4.78 is 9.86. The first-order chi connectivity index (χ1) is 11.5. The number of aliphatic hydroxyl groups is 2. The predicted octanol–water partition coefficient (Wildman–Crippen LogP) is -0.282. The maximum absolute atomic E-state index is 9.76. The van der Waals surface area contributed by atoms with Crippen LogP contribution in [0.15, 0.2) is 0 Å². The van der Waals surface area contributed by atoms with Crippen LogP contribution in [0.2, 0.25) is 0 Å². The highest BCUT2D eigenvalue weighted by Gasteiger charge is 2.21. The highest BCUT2D eigenvalue weighted by atomic mass is 17.0. The van der Waals surface area contributed by atoms with Crippen molar-refractivity contribution in [1.29, 1.82) is 0 Å². The third kappa shape index (κ3) is 18.3. The van der Waals surface area contributed by atoms with Gasteiger partial charge in [0.05, 0.1) is 38.6 Å². The van der Waals surface area contributed by atoms with Crippen molar-refractivity contribution < 1.29 is 39.5 Å². The second kappa shape index (κ2) is 14.8. The number of ether oxygens (including phenoxy) is 2. The molecule has 0 saturated carbocycles. The van der Waals surface area contributed by atoms with Crippen LogP contribution in [0, 0.1) is 20.2 Å². The quantitative estimate of drug-likeness (QED) is 0.183. The van der Waals surface area contributed by atoms with Crippen LogP contribution in [0.3, 0.4) is 0 Å². The number of nitrogens with zero attached hydrogens (tertiary/aromatic N) is 2. The first-order valence-electron chi connectivity index (χ1n) is 7.48. The molecule has 0 aromatic rings. The van der Waals surface area contributed by atoms with E-state index < -0.39 is 16.3 Å². The zero-order valence-electron chi connectivity index (χ0n) is 13.3. The summed E-state index contributed by atoms with van der Waals surface area (Å²) in [6, 6.07) is 0. The lowest BCUT2D eigenvalue weighted by Crippen LogP contribution is -2.19. The number of hydrogen-bond donors (Lipinski definition) is 2. The Morgan fingerprint density at radius 2 is 1.75 bits per heavy atom. The molecular weight excluding hydrogens is 332 g/mol. The Labute approximate surface area is 138 Å². The fourth-order valence-electron chi connectivity index (χ4n) is 1.38. The molecule has 1 heterocycles. The minimum Gasteiger partial charge on any atom is -0.396 e. The molecule has 0 amide bonds. The molecule has 0 aliphatic carbocycles. The molecule has 24 heavy (non-hydrogen) atoms. The molecule has 12 nitrogen and oxygen atoms in total. The standard InChI is InChI=1S/C8H17NO6.C4H7NO4/c10-4-1-2-5-14-7-8(11)3-6-15-9(12)13;6-5(7)9-2-1-4-3-8-4/h8,10-11H,1-7H2;4H,1-3H2. The molecular formula is C12H24N2O10. The van der Waals surface area contributed by atoms with Gasteiger partial charge in [-0.25, -0.2) is 0 Å². The summed E-state index contributed by atoms with van der Waals surface area (Å²) >= 11 is 0. The van der Waals surface area contributed by atoms with E-state index in [0.717, 1.165) is 13.0 Å². The normalized spacial score (nSPS) is 16.5. The number of hydrogen-bond acceptors (Lipinski definition) is 10. The Balaban J connectivity index is 0.000000496. The Hall–Kier alpha value is -1.76. The third-order valence-electron chi connectivity index (χ3n) is 2.69. The van der Waals surface area contributed by atoms with Crippen molar-refractivity contribution in [2.45, 2.75) is 37.9 Å². The van der Waals surface area contributed by atoms with E-state index in [4.69, 9.17) is 14.6 Å². The van der Waals surface area contributed by atoms with Gasteiger partial charge in [-0.3, -0.25) is 0 Å². The molecule has 1 aliphatic rings. The molecule has 2 unspecified atom stereocenters. The number of rotatable bonds is 14.